The van der Waals surface area contributed by atoms with Crippen LogP contribution in [0, 0.1) is 0 Å². The fourth-order valence-corrected chi connectivity index (χ4v) is 1.66. The zero-order chi connectivity index (χ0) is 6.97. The molecule has 0 unspecified atom stereocenters. The highest BCUT2D eigenvalue weighted by Crippen LogP contribution is 2.17. The van der Waals surface area contributed by atoms with E-state index in [0.717, 1.165) is 4.83 Å². The monoisotopic (exact) mass is 150 g/mol. The van der Waals surface area contributed by atoms with Crippen molar-refractivity contribution in [3.63, 3.8) is 0 Å². The summed E-state index contributed by atoms with van der Waals surface area (Å²) in [6.07, 6.45) is 7.49. The predicted molar refractivity (Wildman–Crippen MR) is 43.2 cm³/mol. The van der Waals surface area contributed by atoms with Gasteiger partial charge in [-0.3, -0.25) is 4.40 Å². The van der Waals surface area contributed by atoms with Crippen molar-refractivity contribution >= 4 is 22.2 Å². The molecule has 0 aliphatic carbocycles. The first-order valence-corrected chi connectivity index (χ1v) is 3.76. The van der Waals surface area contributed by atoms with Crippen LogP contribution in [0.5, 0.6) is 0 Å². The van der Waals surface area contributed by atoms with Crippen LogP contribution in [0.3, 0.4) is 0 Å². The maximum atomic E-state index is 3.98. The molecular weight excluding hydrogens is 144 g/mol. The maximum absolute atomic E-state index is 3.98. The molecule has 2 nitrogen and oxygen atoms in total. The average molecular weight is 150 g/mol. The van der Waals surface area contributed by atoms with Gasteiger partial charge in [0.25, 0.3) is 0 Å². The third-order valence-corrected chi connectivity index (χ3v) is 2.35. The van der Waals surface area contributed by atoms with Crippen LogP contribution in [0.15, 0.2) is 25.3 Å². The summed E-state index contributed by atoms with van der Waals surface area (Å²) in [6, 6.07) is 0. The quantitative estimate of drug-likeness (QED) is 0.608. The van der Waals surface area contributed by atoms with Crippen LogP contribution in [0.2, 0.25) is 0 Å². The Bertz CT molecular complexity index is 330. The SMILES string of the molecule is C=Cc1cn2cncc2s1. The fraction of sp³-hybridized carbons (Fsp3) is 0. The van der Waals surface area contributed by atoms with E-state index in [2.05, 4.69) is 11.6 Å². The van der Waals surface area contributed by atoms with Gasteiger partial charge >= 0.3 is 0 Å². The van der Waals surface area contributed by atoms with Crippen molar-refractivity contribution in [2.45, 2.75) is 0 Å². The molecule has 2 heterocycles. The van der Waals surface area contributed by atoms with Gasteiger partial charge in [-0.1, -0.05) is 12.7 Å². The lowest BCUT2D eigenvalue weighted by Crippen LogP contribution is -1.68. The van der Waals surface area contributed by atoms with E-state index in [-0.39, 0.29) is 0 Å². The molecule has 0 fully saturated rings. The highest BCUT2D eigenvalue weighted by Gasteiger charge is 1.95. The predicted octanol–water partition coefficient (Wildman–Crippen LogP) is 2.04. The van der Waals surface area contributed by atoms with E-state index in [4.69, 9.17) is 0 Å². The number of hydrogen-bond acceptors (Lipinski definition) is 2. The Kier molecular flexibility index (Phi) is 1.11. The van der Waals surface area contributed by atoms with Crippen molar-refractivity contribution in [1.29, 1.82) is 0 Å². The minimum absolute atomic E-state index is 1.16. The van der Waals surface area contributed by atoms with Gasteiger partial charge < -0.3 is 0 Å². The minimum Gasteiger partial charge on any atom is -0.296 e. The van der Waals surface area contributed by atoms with Crippen molar-refractivity contribution in [2.75, 3.05) is 0 Å². The molecule has 0 spiro atoms. The van der Waals surface area contributed by atoms with Gasteiger partial charge in [0.15, 0.2) is 0 Å². The first-order chi connectivity index (χ1) is 4.90. The molecule has 0 bridgehead atoms. The van der Waals surface area contributed by atoms with E-state index in [0.29, 0.717) is 0 Å². The molecule has 0 saturated heterocycles. The van der Waals surface area contributed by atoms with Crippen molar-refractivity contribution in [3.8, 4) is 0 Å². The number of thiazole rings is 1. The Balaban J connectivity index is 2.78. The zero-order valence-electron chi connectivity index (χ0n) is 5.32. The summed E-state index contributed by atoms with van der Waals surface area (Å²) >= 11 is 1.69. The summed E-state index contributed by atoms with van der Waals surface area (Å²) in [6.45, 7) is 3.68. The molecule has 3 heteroatoms. The van der Waals surface area contributed by atoms with Crippen LogP contribution < -0.4 is 0 Å². The van der Waals surface area contributed by atoms with Gasteiger partial charge in [-0.2, -0.15) is 0 Å². The molecule has 0 aliphatic heterocycles. The van der Waals surface area contributed by atoms with Crippen LogP contribution in [0.25, 0.3) is 10.9 Å². The first kappa shape index (κ1) is 5.68. The van der Waals surface area contributed by atoms with Gasteiger partial charge in [-0.05, 0) is 0 Å². The summed E-state index contributed by atoms with van der Waals surface area (Å²) in [5, 5.41) is 0. The molecule has 2 aromatic rings. The molecule has 0 amide bonds. The van der Waals surface area contributed by atoms with Crippen LogP contribution >= 0.6 is 11.3 Å². The van der Waals surface area contributed by atoms with Gasteiger partial charge in [0.05, 0.1) is 12.5 Å². The summed E-state index contributed by atoms with van der Waals surface area (Å²) in [4.78, 5) is 6.32. The van der Waals surface area contributed by atoms with E-state index >= 15 is 0 Å². The second-order valence-electron chi connectivity index (χ2n) is 1.98. The van der Waals surface area contributed by atoms with Gasteiger partial charge in [-0.15, -0.1) is 11.3 Å². The van der Waals surface area contributed by atoms with Gasteiger partial charge in [0, 0.05) is 11.1 Å². The lowest BCUT2D eigenvalue weighted by molar-refractivity contribution is 1.18. The molecule has 0 aromatic carbocycles. The Hall–Kier alpha value is -1.09. The van der Waals surface area contributed by atoms with Crippen molar-refractivity contribution in [2.24, 2.45) is 0 Å². The normalized spacial score (nSPS) is 10.4. The topological polar surface area (TPSA) is 17.3 Å². The summed E-state index contributed by atoms with van der Waals surface area (Å²) < 4.78 is 1.99. The Morgan fingerprint density at radius 1 is 1.70 bits per heavy atom. The fourth-order valence-electron chi connectivity index (χ4n) is 0.847. The van der Waals surface area contributed by atoms with Gasteiger partial charge in [-0.25, -0.2) is 4.98 Å². The summed E-state index contributed by atoms with van der Waals surface area (Å²) in [7, 11) is 0. The molecule has 0 atom stereocenters. The van der Waals surface area contributed by atoms with Crippen molar-refractivity contribution < 1.29 is 0 Å². The minimum atomic E-state index is 1.16. The summed E-state index contributed by atoms with van der Waals surface area (Å²) in [5.41, 5.74) is 0. The Morgan fingerprint density at radius 3 is 3.30 bits per heavy atom. The van der Waals surface area contributed by atoms with E-state index < -0.39 is 0 Å². The first-order valence-electron chi connectivity index (χ1n) is 2.94. The molecule has 0 aliphatic rings. The Labute approximate surface area is 62.4 Å². The smallest absolute Gasteiger partial charge is 0.120 e. The highest BCUT2D eigenvalue weighted by atomic mass is 32.1. The lowest BCUT2D eigenvalue weighted by atomic mass is 10.5. The number of rotatable bonds is 1. The highest BCUT2D eigenvalue weighted by molar-refractivity contribution is 7.18. The number of fused-ring (bicyclic) bond motifs is 1. The molecule has 2 aromatic heterocycles. The molecule has 50 valence electrons. The zero-order valence-corrected chi connectivity index (χ0v) is 6.14. The number of imidazole rings is 1. The average Bonchev–Trinajstić information content (AvgIpc) is 2.42. The molecule has 2 rings (SSSR count). The van der Waals surface area contributed by atoms with Crippen LogP contribution in [-0.4, -0.2) is 9.38 Å². The molecule has 0 saturated carbocycles. The maximum Gasteiger partial charge on any atom is 0.120 e. The number of nitrogens with zero attached hydrogens (tertiary/aromatic N) is 2. The third kappa shape index (κ3) is 0.675. The van der Waals surface area contributed by atoms with Crippen LogP contribution in [0.4, 0.5) is 0 Å². The summed E-state index contributed by atoms with van der Waals surface area (Å²) in [5.74, 6) is 0. The standard InChI is InChI=1S/C7H6N2S/c1-2-6-4-9-5-8-3-7(9)10-6/h2-5H,1H2. The van der Waals surface area contributed by atoms with Crippen LogP contribution in [-0.2, 0) is 0 Å². The van der Waals surface area contributed by atoms with Crippen LogP contribution in [0.1, 0.15) is 4.88 Å². The lowest BCUT2D eigenvalue weighted by Gasteiger charge is -1.74. The van der Waals surface area contributed by atoms with Crippen molar-refractivity contribution in [1.82, 2.24) is 9.38 Å². The molecule has 0 radical (unpaired) electrons. The van der Waals surface area contributed by atoms with E-state index in [1.54, 1.807) is 17.7 Å². The van der Waals surface area contributed by atoms with Crippen molar-refractivity contribution in [3.05, 3.63) is 30.2 Å². The third-order valence-electron chi connectivity index (χ3n) is 1.32. The molecule has 10 heavy (non-hydrogen) atoms. The van der Waals surface area contributed by atoms with Gasteiger partial charge in [0.2, 0.25) is 0 Å². The molecule has 0 N–H and O–H groups in total. The van der Waals surface area contributed by atoms with E-state index in [1.165, 1.54) is 4.88 Å². The number of aromatic nitrogens is 2. The number of hydrogen-bond donors (Lipinski definition) is 0. The van der Waals surface area contributed by atoms with Gasteiger partial charge in [0.1, 0.15) is 4.83 Å². The van der Waals surface area contributed by atoms with E-state index in [1.807, 2.05) is 22.9 Å². The second-order valence-corrected chi connectivity index (χ2v) is 3.07. The Morgan fingerprint density at radius 2 is 2.60 bits per heavy atom. The second kappa shape index (κ2) is 1.95. The van der Waals surface area contributed by atoms with E-state index in [9.17, 15) is 0 Å². The molecular formula is C7H6N2S. The largest absolute Gasteiger partial charge is 0.296 e.